The molecule has 100 valence electrons. The third-order valence-corrected chi connectivity index (χ3v) is 5.00. The summed E-state index contributed by atoms with van der Waals surface area (Å²) in [5.74, 6) is 0.647. The van der Waals surface area contributed by atoms with Gasteiger partial charge in [0.05, 0.1) is 10.7 Å². The standard InChI is InChI=1S/C14H22N2OS/c1-2-12(15-7-1)3-4-14-16-13(10-18-14)11-5-8-17-9-6-11/h10-12,15H,1-9H2. The molecule has 2 aliphatic heterocycles. The molecule has 4 heteroatoms. The fourth-order valence-corrected chi connectivity index (χ4v) is 3.82. The molecule has 0 radical (unpaired) electrons. The summed E-state index contributed by atoms with van der Waals surface area (Å²) in [7, 11) is 0. The van der Waals surface area contributed by atoms with Crippen LogP contribution in [0.2, 0.25) is 0 Å². The van der Waals surface area contributed by atoms with Crippen LogP contribution >= 0.6 is 11.3 Å². The van der Waals surface area contributed by atoms with Gasteiger partial charge < -0.3 is 10.1 Å². The van der Waals surface area contributed by atoms with Gasteiger partial charge in [-0.15, -0.1) is 11.3 Å². The molecule has 0 bridgehead atoms. The van der Waals surface area contributed by atoms with Crippen LogP contribution in [0.15, 0.2) is 5.38 Å². The molecule has 18 heavy (non-hydrogen) atoms. The van der Waals surface area contributed by atoms with Crippen molar-refractivity contribution in [3.05, 3.63) is 16.1 Å². The van der Waals surface area contributed by atoms with Gasteiger partial charge in [0.15, 0.2) is 0 Å². The quantitative estimate of drug-likeness (QED) is 0.910. The highest BCUT2D eigenvalue weighted by Gasteiger charge is 2.19. The Kier molecular flexibility index (Phi) is 4.28. The molecule has 3 nitrogen and oxygen atoms in total. The smallest absolute Gasteiger partial charge is 0.0928 e. The molecule has 0 spiro atoms. The number of rotatable bonds is 4. The number of ether oxygens (including phenoxy) is 1. The lowest BCUT2D eigenvalue weighted by atomic mass is 9.97. The van der Waals surface area contributed by atoms with Gasteiger partial charge in [0, 0.05) is 37.0 Å². The Morgan fingerprint density at radius 3 is 3.00 bits per heavy atom. The summed E-state index contributed by atoms with van der Waals surface area (Å²) in [6, 6.07) is 0.737. The Labute approximate surface area is 113 Å². The summed E-state index contributed by atoms with van der Waals surface area (Å²) in [6.07, 6.45) is 7.38. The van der Waals surface area contributed by atoms with Gasteiger partial charge in [-0.25, -0.2) is 4.98 Å². The minimum Gasteiger partial charge on any atom is -0.381 e. The first-order valence-corrected chi connectivity index (χ1v) is 8.05. The topological polar surface area (TPSA) is 34.2 Å². The average Bonchev–Trinajstić information content (AvgIpc) is 3.09. The molecule has 0 saturated carbocycles. The van der Waals surface area contributed by atoms with E-state index in [1.165, 1.54) is 36.5 Å². The molecule has 1 unspecified atom stereocenters. The van der Waals surface area contributed by atoms with Crippen LogP contribution in [0, 0.1) is 0 Å². The van der Waals surface area contributed by atoms with Crippen LogP contribution in [0.4, 0.5) is 0 Å². The lowest BCUT2D eigenvalue weighted by Crippen LogP contribution is -2.21. The predicted molar refractivity (Wildman–Crippen MR) is 74.3 cm³/mol. The van der Waals surface area contributed by atoms with E-state index in [-0.39, 0.29) is 0 Å². The summed E-state index contributed by atoms with van der Waals surface area (Å²) in [5.41, 5.74) is 1.32. The van der Waals surface area contributed by atoms with E-state index < -0.39 is 0 Å². The van der Waals surface area contributed by atoms with Crippen molar-refractivity contribution in [2.24, 2.45) is 0 Å². The number of nitrogens with zero attached hydrogens (tertiary/aromatic N) is 1. The van der Waals surface area contributed by atoms with Gasteiger partial charge in [0.25, 0.3) is 0 Å². The maximum Gasteiger partial charge on any atom is 0.0928 e. The molecule has 2 aliphatic rings. The van der Waals surface area contributed by atoms with Crippen molar-refractivity contribution in [1.82, 2.24) is 10.3 Å². The fourth-order valence-electron chi connectivity index (χ4n) is 2.92. The summed E-state index contributed by atoms with van der Waals surface area (Å²) in [6.45, 7) is 3.02. The van der Waals surface area contributed by atoms with Gasteiger partial charge in [-0.2, -0.15) is 0 Å². The van der Waals surface area contributed by atoms with Crippen LogP contribution in [0.3, 0.4) is 0 Å². The van der Waals surface area contributed by atoms with E-state index in [1.807, 2.05) is 11.3 Å². The van der Waals surface area contributed by atoms with Crippen molar-refractivity contribution >= 4 is 11.3 Å². The Morgan fingerprint density at radius 2 is 2.22 bits per heavy atom. The van der Waals surface area contributed by atoms with E-state index in [4.69, 9.17) is 9.72 Å². The SMILES string of the molecule is c1sc(CCC2CCCN2)nc1C1CCOCC1. The molecule has 1 N–H and O–H groups in total. The Hall–Kier alpha value is -0.450. The first-order valence-electron chi connectivity index (χ1n) is 7.17. The molecule has 1 atom stereocenters. The molecule has 1 aromatic heterocycles. The van der Waals surface area contributed by atoms with Crippen molar-refractivity contribution in [1.29, 1.82) is 0 Å². The Bertz CT molecular complexity index is 368. The van der Waals surface area contributed by atoms with Crippen LogP contribution in [-0.4, -0.2) is 30.8 Å². The minimum absolute atomic E-state index is 0.647. The van der Waals surface area contributed by atoms with Crippen LogP contribution in [0.25, 0.3) is 0 Å². The molecule has 0 aliphatic carbocycles. The van der Waals surface area contributed by atoms with Crippen LogP contribution in [0.1, 0.15) is 48.7 Å². The highest BCUT2D eigenvalue weighted by molar-refractivity contribution is 7.09. The van der Waals surface area contributed by atoms with E-state index in [9.17, 15) is 0 Å². The number of aryl methyl sites for hydroxylation is 1. The van der Waals surface area contributed by atoms with Gasteiger partial charge >= 0.3 is 0 Å². The molecule has 2 fully saturated rings. The van der Waals surface area contributed by atoms with Crippen molar-refractivity contribution in [2.45, 2.75) is 50.5 Å². The third-order valence-electron chi connectivity index (χ3n) is 4.08. The third kappa shape index (κ3) is 3.11. The highest BCUT2D eigenvalue weighted by atomic mass is 32.1. The number of nitrogens with one attached hydrogen (secondary N) is 1. The fraction of sp³-hybridized carbons (Fsp3) is 0.786. The van der Waals surface area contributed by atoms with Crippen molar-refractivity contribution in [3.63, 3.8) is 0 Å². The number of hydrogen-bond donors (Lipinski definition) is 1. The zero-order valence-corrected chi connectivity index (χ0v) is 11.7. The second-order valence-corrected chi connectivity index (χ2v) is 6.33. The maximum atomic E-state index is 5.41. The molecule has 1 aromatic rings. The Morgan fingerprint density at radius 1 is 1.33 bits per heavy atom. The Balaban J connectivity index is 1.52. The first-order chi connectivity index (χ1) is 8.92. The van der Waals surface area contributed by atoms with Crippen LogP contribution in [-0.2, 0) is 11.2 Å². The molecule has 0 aromatic carbocycles. The summed E-state index contributed by atoms with van der Waals surface area (Å²) < 4.78 is 5.41. The normalized spacial score (nSPS) is 25.7. The summed E-state index contributed by atoms with van der Waals surface area (Å²) in [4.78, 5) is 4.83. The molecule has 2 saturated heterocycles. The molecular weight excluding hydrogens is 244 g/mol. The zero-order chi connectivity index (χ0) is 12.2. The van der Waals surface area contributed by atoms with Crippen molar-refractivity contribution in [2.75, 3.05) is 19.8 Å². The molecule has 3 rings (SSSR count). The monoisotopic (exact) mass is 266 g/mol. The number of hydrogen-bond acceptors (Lipinski definition) is 4. The second kappa shape index (κ2) is 6.13. The van der Waals surface area contributed by atoms with Crippen molar-refractivity contribution in [3.8, 4) is 0 Å². The maximum absolute atomic E-state index is 5.41. The second-order valence-electron chi connectivity index (χ2n) is 5.38. The average molecular weight is 266 g/mol. The first kappa shape index (κ1) is 12.6. The number of aromatic nitrogens is 1. The lowest BCUT2D eigenvalue weighted by Gasteiger charge is -2.20. The van der Waals surface area contributed by atoms with E-state index in [0.29, 0.717) is 5.92 Å². The number of thiazole rings is 1. The molecule has 3 heterocycles. The largest absolute Gasteiger partial charge is 0.381 e. The van der Waals surface area contributed by atoms with E-state index in [0.717, 1.165) is 38.5 Å². The van der Waals surface area contributed by atoms with Gasteiger partial charge in [0.1, 0.15) is 0 Å². The summed E-state index contributed by atoms with van der Waals surface area (Å²) in [5, 5.41) is 7.15. The van der Waals surface area contributed by atoms with Gasteiger partial charge in [0.2, 0.25) is 0 Å². The molecular formula is C14H22N2OS. The van der Waals surface area contributed by atoms with Crippen LogP contribution < -0.4 is 5.32 Å². The van der Waals surface area contributed by atoms with Crippen LogP contribution in [0.5, 0.6) is 0 Å². The predicted octanol–water partition coefficient (Wildman–Crippen LogP) is 2.72. The van der Waals surface area contributed by atoms with E-state index in [1.54, 1.807) is 0 Å². The van der Waals surface area contributed by atoms with Gasteiger partial charge in [-0.3, -0.25) is 0 Å². The van der Waals surface area contributed by atoms with Gasteiger partial charge in [-0.05, 0) is 38.6 Å². The van der Waals surface area contributed by atoms with E-state index in [2.05, 4.69) is 10.7 Å². The highest BCUT2D eigenvalue weighted by Crippen LogP contribution is 2.28. The zero-order valence-electron chi connectivity index (χ0n) is 10.9. The lowest BCUT2D eigenvalue weighted by molar-refractivity contribution is 0.0846. The van der Waals surface area contributed by atoms with Gasteiger partial charge in [-0.1, -0.05) is 0 Å². The summed E-state index contributed by atoms with van der Waals surface area (Å²) >= 11 is 1.85. The minimum atomic E-state index is 0.647. The van der Waals surface area contributed by atoms with E-state index >= 15 is 0 Å². The van der Waals surface area contributed by atoms with Crippen molar-refractivity contribution < 1.29 is 4.74 Å². The molecule has 0 amide bonds.